The molecule has 0 unspecified atom stereocenters. The van der Waals surface area contributed by atoms with E-state index in [0.29, 0.717) is 24.0 Å². The molecule has 0 N–H and O–H groups in total. The highest BCUT2D eigenvalue weighted by Crippen LogP contribution is 2.35. The minimum Gasteiger partial charge on any atom is -0.472 e. The standard InChI is InChI=1S/C24H25N5OS/c1-18-3-5-20(6-4-18)17-30-23-22(31-21-9-7-19(15-25)8-10-21)16-26-24(27-23)29-13-11-28(2)12-14-29/h3-10,16H,11-14,17H2,1-2H3. The summed E-state index contributed by atoms with van der Waals surface area (Å²) in [5.41, 5.74) is 2.96. The van der Waals surface area contributed by atoms with Crippen molar-refractivity contribution in [3.05, 3.63) is 71.4 Å². The predicted molar refractivity (Wildman–Crippen MR) is 123 cm³/mol. The van der Waals surface area contributed by atoms with Gasteiger partial charge in [-0.3, -0.25) is 0 Å². The second-order valence-electron chi connectivity index (χ2n) is 7.64. The van der Waals surface area contributed by atoms with E-state index < -0.39 is 0 Å². The predicted octanol–water partition coefficient (Wildman–Crippen LogP) is 4.14. The van der Waals surface area contributed by atoms with E-state index in [-0.39, 0.29) is 0 Å². The number of hydrogen-bond donors (Lipinski definition) is 0. The smallest absolute Gasteiger partial charge is 0.232 e. The van der Waals surface area contributed by atoms with Crippen LogP contribution in [0, 0.1) is 18.3 Å². The van der Waals surface area contributed by atoms with Gasteiger partial charge in [-0.25, -0.2) is 4.98 Å². The maximum Gasteiger partial charge on any atom is 0.232 e. The largest absolute Gasteiger partial charge is 0.472 e. The number of aromatic nitrogens is 2. The van der Waals surface area contributed by atoms with Crippen LogP contribution < -0.4 is 9.64 Å². The molecule has 1 aliphatic heterocycles. The fourth-order valence-electron chi connectivity index (χ4n) is 3.24. The number of ether oxygens (including phenoxy) is 1. The van der Waals surface area contributed by atoms with Crippen molar-refractivity contribution in [2.24, 2.45) is 0 Å². The van der Waals surface area contributed by atoms with Crippen LogP contribution in [0.25, 0.3) is 0 Å². The number of benzene rings is 2. The summed E-state index contributed by atoms with van der Waals surface area (Å²) in [5.74, 6) is 1.29. The average Bonchev–Trinajstić information content (AvgIpc) is 2.80. The zero-order valence-electron chi connectivity index (χ0n) is 17.8. The Labute approximate surface area is 187 Å². The lowest BCUT2D eigenvalue weighted by atomic mass is 10.2. The van der Waals surface area contributed by atoms with Crippen LogP contribution in [0.4, 0.5) is 5.95 Å². The van der Waals surface area contributed by atoms with Crippen molar-refractivity contribution in [3.8, 4) is 11.9 Å². The SMILES string of the molecule is Cc1ccc(COc2nc(N3CCN(C)CC3)ncc2Sc2ccc(C#N)cc2)cc1. The van der Waals surface area contributed by atoms with Crippen LogP contribution in [-0.4, -0.2) is 48.1 Å². The normalized spacial score (nSPS) is 14.3. The second-order valence-corrected chi connectivity index (χ2v) is 8.76. The first-order valence-corrected chi connectivity index (χ1v) is 11.1. The van der Waals surface area contributed by atoms with E-state index in [1.165, 1.54) is 5.56 Å². The third kappa shape index (κ3) is 5.54. The molecule has 1 aromatic heterocycles. The van der Waals surface area contributed by atoms with E-state index in [4.69, 9.17) is 15.0 Å². The van der Waals surface area contributed by atoms with E-state index in [1.807, 2.05) is 30.5 Å². The third-order valence-electron chi connectivity index (χ3n) is 5.20. The van der Waals surface area contributed by atoms with Gasteiger partial charge in [0.15, 0.2) is 0 Å². The van der Waals surface area contributed by atoms with Gasteiger partial charge in [-0.1, -0.05) is 41.6 Å². The summed E-state index contributed by atoms with van der Waals surface area (Å²) in [7, 11) is 2.13. The molecule has 0 saturated carbocycles. The number of likely N-dealkylation sites (N-methyl/N-ethyl adjacent to an activating group) is 1. The molecule has 1 saturated heterocycles. The first-order valence-electron chi connectivity index (χ1n) is 10.3. The number of anilines is 1. The first-order chi connectivity index (χ1) is 15.1. The first kappa shape index (κ1) is 21.2. The number of piperazine rings is 1. The van der Waals surface area contributed by atoms with Crippen molar-refractivity contribution in [1.82, 2.24) is 14.9 Å². The summed E-state index contributed by atoms with van der Waals surface area (Å²) < 4.78 is 6.17. The Morgan fingerprint density at radius 1 is 1.03 bits per heavy atom. The highest BCUT2D eigenvalue weighted by Gasteiger charge is 2.19. The topological polar surface area (TPSA) is 65.3 Å². The molecule has 7 heteroatoms. The van der Waals surface area contributed by atoms with Crippen LogP contribution in [0.3, 0.4) is 0 Å². The van der Waals surface area contributed by atoms with Crippen LogP contribution >= 0.6 is 11.8 Å². The Balaban J connectivity index is 1.57. The Morgan fingerprint density at radius 3 is 2.42 bits per heavy atom. The molecule has 0 amide bonds. The zero-order valence-corrected chi connectivity index (χ0v) is 18.6. The summed E-state index contributed by atoms with van der Waals surface area (Å²) in [4.78, 5) is 15.8. The number of aryl methyl sites for hydroxylation is 1. The minimum absolute atomic E-state index is 0.445. The van der Waals surface area contributed by atoms with Crippen molar-refractivity contribution in [2.75, 3.05) is 38.1 Å². The Bertz CT molecular complexity index is 1050. The van der Waals surface area contributed by atoms with E-state index in [1.54, 1.807) is 11.8 Å². The van der Waals surface area contributed by atoms with Crippen molar-refractivity contribution >= 4 is 17.7 Å². The summed E-state index contributed by atoms with van der Waals surface area (Å²) in [6.07, 6.45) is 1.84. The van der Waals surface area contributed by atoms with Gasteiger partial charge in [-0.15, -0.1) is 0 Å². The summed E-state index contributed by atoms with van der Waals surface area (Å²) >= 11 is 1.54. The van der Waals surface area contributed by atoms with Crippen LogP contribution in [0.2, 0.25) is 0 Å². The van der Waals surface area contributed by atoms with Gasteiger partial charge < -0.3 is 14.5 Å². The Morgan fingerprint density at radius 2 is 1.74 bits per heavy atom. The quantitative estimate of drug-likeness (QED) is 0.581. The van der Waals surface area contributed by atoms with Gasteiger partial charge in [0.1, 0.15) is 6.61 Å². The zero-order chi connectivity index (χ0) is 21.6. The summed E-state index contributed by atoms with van der Waals surface area (Å²) in [5, 5.41) is 9.02. The molecule has 6 nitrogen and oxygen atoms in total. The molecule has 0 spiro atoms. The maximum atomic E-state index is 9.02. The van der Waals surface area contributed by atoms with Crippen LogP contribution in [0.5, 0.6) is 5.88 Å². The molecule has 2 heterocycles. The van der Waals surface area contributed by atoms with E-state index >= 15 is 0 Å². The summed E-state index contributed by atoms with van der Waals surface area (Å²) in [6, 6.07) is 18.0. The minimum atomic E-state index is 0.445. The molecule has 3 aromatic rings. The lowest BCUT2D eigenvalue weighted by Gasteiger charge is -2.32. The molecule has 0 atom stereocenters. The van der Waals surface area contributed by atoms with Gasteiger partial charge in [-0.05, 0) is 43.8 Å². The Kier molecular flexibility index (Phi) is 6.70. The third-order valence-corrected chi connectivity index (χ3v) is 6.21. The lowest BCUT2D eigenvalue weighted by Crippen LogP contribution is -2.45. The van der Waals surface area contributed by atoms with Crippen molar-refractivity contribution in [2.45, 2.75) is 23.3 Å². The van der Waals surface area contributed by atoms with Gasteiger partial charge in [0, 0.05) is 31.1 Å². The van der Waals surface area contributed by atoms with Crippen LogP contribution in [0.1, 0.15) is 16.7 Å². The molecule has 31 heavy (non-hydrogen) atoms. The van der Waals surface area contributed by atoms with Gasteiger partial charge >= 0.3 is 0 Å². The van der Waals surface area contributed by atoms with Crippen LogP contribution in [0.15, 0.2) is 64.5 Å². The van der Waals surface area contributed by atoms with Crippen LogP contribution in [-0.2, 0) is 6.61 Å². The van der Waals surface area contributed by atoms with Gasteiger partial charge in [0.05, 0.1) is 22.7 Å². The maximum absolute atomic E-state index is 9.02. The molecule has 0 radical (unpaired) electrons. The highest BCUT2D eigenvalue weighted by molar-refractivity contribution is 7.99. The monoisotopic (exact) mass is 431 g/mol. The van der Waals surface area contributed by atoms with E-state index in [2.05, 4.69) is 59.1 Å². The molecule has 2 aromatic carbocycles. The molecule has 4 rings (SSSR count). The highest BCUT2D eigenvalue weighted by atomic mass is 32.2. The molecule has 0 aliphatic carbocycles. The number of rotatable bonds is 6. The number of nitriles is 1. The molecule has 0 bridgehead atoms. The number of nitrogens with zero attached hydrogens (tertiary/aromatic N) is 5. The second kappa shape index (κ2) is 9.82. The lowest BCUT2D eigenvalue weighted by molar-refractivity contribution is 0.283. The number of hydrogen-bond acceptors (Lipinski definition) is 7. The van der Waals surface area contributed by atoms with Gasteiger partial charge in [0.2, 0.25) is 11.8 Å². The van der Waals surface area contributed by atoms with Crippen molar-refractivity contribution < 1.29 is 4.74 Å². The van der Waals surface area contributed by atoms with Gasteiger partial charge in [-0.2, -0.15) is 10.2 Å². The molecule has 1 fully saturated rings. The fourth-order valence-corrected chi connectivity index (χ4v) is 4.06. The van der Waals surface area contributed by atoms with Crippen molar-refractivity contribution in [1.29, 1.82) is 5.26 Å². The van der Waals surface area contributed by atoms with E-state index in [0.717, 1.165) is 41.5 Å². The Hall–Kier alpha value is -3.08. The molecule has 1 aliphatic rings. The van der Waals surface area contributed by atoms with Crippen molar-refractivity contribution in [3.63, 3.8) is 0 Å². The molecular formula is C24H25N5OS. The average molecular weight is 432 g/mol. The molecule has 158 valence electrons. The fraction of sp³-hybridized carbons (Fsp3) is 0.292. The van der Waals surface area contributed by atoms with Gasteiger partial charge in [0.25, 0.3) is 0 Å². The molecular weight excluding hydrogens is 406 g/mol. The van der Waals surface area contributed by atoms with E-state index in [9.17, 15) is 0 Å². The summed E-state index contributed by atoms with van der Waals surface area (Å²) in [6.45, 7) is 6.30.